The summed E-state index contributed by atoms with van der Waals surface area (Å²) in [5.74, 6) is -13.8. The van der Waals surface area contributed by atoms with Crippen molar-refractivity contribution in [3.63, 3.8) is 0 Å². The van der Waals surface area contributed by atoms with E-state index in [1.54, 1.807) is 94.4 Å². The molecule has 4 saturated carbocycles. The van der Waals surface area contributed by atoms with Crippen molar-refractivity contribution in [1.82, 2.24) is 50.6 Å². The van der Waals surface area contributed by atoms with Crippen LogP contribution in [-0.2, 0) is 116 Å². The van der Waals surface area contributed by atoms with Crippen LogP contribution in [-0.4, -0.2) is 201 Å². The molecule has 3 N–H and O–H groups in total. The Hall–Kier alpha value is -9.10. The maximum atomic E-state index is 16.1. The Kier molecular flexibility index (Phi) is 34.8. The van der Waals surface area contributed by atoms with Crippen LogP contribution >= 0.6 is 0 Å². The van der Waals surface area contributed by atoms with Gasteiger partial charge in [-0.05, 0) is 185 Å². The standard InChI is InChI=1S/C34H43F2N4O6.C33H40F4N3O6.C32H38F4N3O6.3V/c1-6-44-20-10-11-23-24(15-20)38-30-28(37-23)34(35,36)12-8-7-9-21-22-13-19(22)14-26(21)46-32(43)39-29(33(3,4)5)31(42)40-16-27(45-30)18(2)25(40)17-41;1-6-21-24(17-41)40-16-25(21)45-27-22(13-18-10-11-20(44-29(34)35)14-23(18)38-27)33(36,37)12-8-7-9-19-15-32(19,5)46-30(43)39-26(28(40)42)31(2,3)4;1-17-23(16-40)39-15-24(17)44-26-21(12-18-9-10-20(43-28(33)34)13-22(18)37-26)32(35,36)11-7-6-8-19-14-31(19,5)45-29(42)38-25(27(39)41)30(2,3)4;;;/h10-11,15,18-19,21-22,25-27,29H,6-9,12-14,16H2,1-5H3,(H,39,43);10-11,13-14,19,21,24-26,29H,6-9,12,15-16H2,1-5H3,(H,39,43);9-10,12-13,17,19,23-25,28H,6-8,11,14-15H2,1-5H3,(H,38,42);;;/q3*-1;;;/t18-,19?,21+,22?,25+,26+,27-,29+;19-,21+,24-,25+,26-,32-;17-,19+,23+,24-,25+,31+;;;/m010.../s1. The molecule has 4 aliphatic carbocycles. The first-order valence-corrected chi connectivity index (χ1v) is 47.3. The fourth-order valence-electron chi connectivity index (χ4n) is 20.5. The molecular weight excluding hydrogens is 1960 g/mol. The number of rotatable bonds is 10. The Morgan fingerprint density at radius 2 is 0.857 bits per heavy atom. The van der Waals surface area contributed by atoms with Gasteiger partial charge in [0.05, 0.1) is 59.4 Å². The molecule has 41 heteroatoms. The average Bonchev–Trinajstić information content (AvgIpc) is 1.66. The van der Waals surface area contributed by atoms with Crippen molar-refractivity contribution < 1.29 is 185 Å². The van der Waals surface area contributed by atoms with E-state index in [1.165, 1.54) is 63.2 Å². The first kappa shape index (κ1) is 111. The van der Waals surface area contributed by atoms with Crippen molar-refractivity contribution in [3.05, 3.63) is 83.6 Å². The Morgan fingerprint density at radius 3 is 1.29 bits per heavy atom. The van der Waals surface area contributed by atoms with Gasteiger partial charge in [0.1, 0.15) is 71.0 Å². The number of ether oxygens (including phenoxy) is 9. The van der Waals surface area contributed by atoms with Gasteiger partial charge >= 0.3 is 31.5 Å². The van der Waals surface area contributed by atoms with Crippen LogP contribution in [0.4, 0.5) is 58.3 Å². The van der Waals surface area contributed by atoms with Gasteiger partial charge in [-0.15, -0.1) is 0 Å². The van der Waals surface area contributed by atoms with Crippen molar-refractivity contribution in [3.8, 4) is 34.9 Å². The number of nitrogens with zero attached hydrogens (tertiary/aromatic N) is 7. The predicted octanol–water partition coefficient (Wildman–Crippen LogP) is 18.2. The number of alkyl carbamates (subject to hydrolysis) is 3. The van der Waals surface area contributed by atoms with Gasteiger partial charge < -0.3 is 87.7 Å². The summed E-state index contributed by atoms with van der Waals surface area (Å²) < 4.78 is 198. The zero-order valence-electron chi connectivity index (χ0n) is 80.8. The minimum absolute atomic E-state index is 0. The Morgan fingerprint density at radius 1 is 0.457 bits per heavy atom. The topological polar surface area (TPSA) is 334 Å². The molecule has 6 aromatic rings. The number of carbonyl (C=O) groups is 6. The van der Waals surface area contributed by atoms with Crippen LogP contribution in [0, 0.1) is 63.6 Å². The number of pyridine rings is 2. The average molecular weight is 2080 g/mol. The van der Waals surface area contributed by atoms with Gasteiger partial charge in [-0.1, -0.05) is 127 Å². The van der Waals surface area contributed by atoms with E-state index in [0.29, 0.717) is 87.5 Å². The second kappa shape index (κ2) is 43.8. The summed E-state index contributed by atoms with van der Waals surface area (Å²) in [7, 11) is 0. The summed E-state index contributed by atoms with van der Waals surface area (Å²) in [5.41, 5.74) is -4.61. The normalized spacial score (nSPS) is 30.7. The Bertz CT molecular complexity index is 5510. The molecule has 3 radical (unpaired) electrons. The van der Waals surface area contributed by atoms with Crippen LogP contribution in [0.15, 0.2) is 66.7 Å². The summed E-state index contributed by atoms with van der Waals surface area (Å²) in [6.45, 7) is 20.3. The summed E-state index contributed by atoms with van der Waals surface area (Å²) in [6.07, 6.45) is 6.01. The van der Waals surface area contributed by atoms with Crippen molar-refractivity contribution in [2.75, 3.05) is 26.2 Å². The number of halogens is 10. The summed E-state index contributed by atoms with van der Waals surface area (Å²) in [4.78, 5) is 139. The van der Waals surface area contributed by atoms with Crippen LogP contribution in [0.3, 0.4) is 0 Å². The molecule has 140 heavy (non-hydrogen) atoms. The number of amides is 6. The number of alkyl halides is 10. The molecule has 6 amide bonds. The largest absolute Gasteiger partial charge is 0.540 e. The minimum Gasteiger partial charge on any atom is -0.540 e. The number of carbonyl (C=O) groups excluding carboxylic acids is 9. The maximum Gasteiger partial charge on any atom is 0.408 e. The molecule has 7 fully saturated rings. The van der Waals surface area contributed by atoms with E-state index in [0.717, 1.165) is 12.8 Å². The zero-order chi connectivity index (χ0) is 99.5. The van der Waals surface area contributed by atoms with E-state index in [4.69, 9.17) is 33.2 Å². The van der Waals surface area contributed by atoms with Gasteiger partial charge in [-0.25, -0.2) is 70.7 Å². The number of hydrogen-bond donors (Lipinski definition) is 3. The molecule has 6 bridgehead atoms. The van der Waals surface area contributed by atoms with Crippen LogP contribution < -0.4 is 44.4 Å². The number of aromatic nitrogens is 4. The van der Waals surface area contributed by atoms with Gasteiger partial charge in [0.15, 0.2) is 5.69 Å². The van der Waals surface area contributed by atoms with Crippen LogP contribution in [0.2, 0.25) is 0 Å². The molecule has 2 unspecified atom stereocenters. The molecule has 3 aromatic heterocycles. The molecule has 28 nitrogen and oxygen atoms in total. The van der Waals surface area contributed by atoms with Crippen molar-refractivity contribution in [2.24, 2.45) is 63.6 Å². The molecule has 20 atom stereocenters. The molecule has 10 aliphatic rings. The number of nitrogens with one attached hydrogen (secondary N) is 3. The van der Waals surface area contributed by atoms with Crippen LogP contribution in [0.25, 0.3) is 32.8 Å². The fourth-order valence-corrected chi connectivity index (χ4v) is 20.5. The molecular formula is C99H121F10N10O18V3-3. The maximum absolute atomic E-state index is 16.1. The second-order valence-corrected chi connectivity index (χ2v) is 41.9. The third kappa shape index (κ3) is 24.9. The van der Waals surface area contributed by atoms with Crippen molar-refractivity contribution in [2.45, 2.75) is 316 Å². The van der Waals surface area contributed by atoms with E-state index in [1.807, 2.05) is 46.6 Å². The Balaban J connectivity index is 0.000000199. The monoisotopic (exact) mass is 2080 g/mol. The van der Waals surface area contributed by atoms with Gasteiger partial charge in [0.25, 0.3) is 17.8 Å². The molecule has 9 heterocycles. The molecule has 0 spiro atoms. The second-order valence-electron chi connectivity index (χ2n) is 41.9. The van der Waals surface area contributed by atoms with E-state index in [-0.39, 0.29) is 163 Å². The third-order valence-electron chi connectivity index (χ3n) is 28.8. The minimum atomic E-state index is -3.38. The van der Waals surface area contributed by atoms with E-state index >= 15 is 26.3 Å². The number of benzene rings is 3. The van der Waals surface area contributed by atoms with Gasteiger partial charge in [0.2, 0.25) is 35.4 Å². The first-order valence-electron chi connectivity index (χ1n) is 47.3. The summed E-state index contributed by atoms with van der Waals surface area (Å²) in [5, 5.41) is 8.76. The smallest absolute Gasteiger partial charge is 0.408 e. The van der Waals surface area contributed by atoms with E-state index in [2.05, 4.69) is 45.4 Å². The third-order valence-corrected chi connectivity index (χ3v) is 28.8. The van der Waals surface area contributed by atoms with E-state index in [9.17, 15) is 60.7 Å². The van der Waals surface area contributed by atoms with Crippen molar-refractivity contribution >= 4 is 87.7 Å². The summed E-state index contributed by atoms with van der Waals surface area (Å²) in [6, 6.07) is 8.58. The first-order chi connectivity index (χ1) is 64.4. The predicted molar refractivity (Wildman–Crippen MR) is 479 cm³/mol. The Labute approximate surface area is 842 Å². The van der Waals surface area contributed by atoms with Crippen molar-refractivity contribution in [1.29, 1.82) is 0 Å². The van der Waals surface area contributed by atoms with E-state index < -0.39 is 215 Å². The number of fused-ring (bicyclic) bond motifs is 17. The molecule has 3 saturated heterocycles. The fraction of sp³-hybridized carbons (Fsp3) is 0.646. The SMILES string of the molecule is CCOc1ccc2nc3c(nc2c1)O[C@H]1CN(C(=O)[C@H](C(C)(C)C)NC(=O)O[C@@H]2CC4CC4[C@H]2CCCCC3(F)F)[C@H]([C-]=O)[C@@H]1C.CC[C@@H]1[C@@H]2CN(C(=O)[C@H](C(C)(C)C)NC(=O)O[C@]3(C)C[C@H]3CCCCC(F)(F)c3cc4ccc(OC(F)F)cc4nc3O2)[C@@H]1[C-]=O.C[C@@H]1[C@@H]2CN(C(=O)[C@H](C(C)(C)C)NC(=O)O[C@]3(C)C[C@H]3CCCCC(F)(F)c3cc4ccc(OC(F)F)cc4nc3O2)[C@@H]1[C-]=O.[V].[V].[V]. The molecule has 763 valence electrons. The van der Waals surface area contributed by atoms with Gasteiger partial charge in [-0.3, -0.25) is 14.4 Å². The zero-order valence-corrected chi connectivity index (χ0v) is 85.0. The quantitative estimate of drug-likeness (QED) is 0.0651. The summed E-state index contributed by atoms with van der Waals surface area (Å²) >= 11 is 0. The molecule has 16 rings (SSSR count). The van der Waals surface area contributed by atoms with Gasteiger partial charge in [0, 0.05) is 116 Å². The van der Waals surface area contributed by atoms with Crippen LogP contribution in [0.5, 0.6) is 34.9 Å². The van der Waals surface area contributed by atoms with Gasteiger partial charge in [-0.2, -0.15) is 26.3 Å². The molecule has 3 aromatic carbocycles. The molecule has 6 aliphatic heterocycles. The number of hydrogen-bond acceptors (Lipinski definition) is 22. The van der Waals surface area contributed by atoms with Crippen LogP contribution in [0.1, 0.15) is 230 Å².